The topological polar surface area (TPSA) is 26.3 Å². The number of benzene rings is 2. The van der Waals surface area contributed by atoms with Crippen molar-refractivity contribution in [3.05, 3.63) is 78.8 Å². The van der Waals surface area contributed by atoms with E-state index in [0.29, 0.717) is 31.2 Å². The van der Waals surface area contributed by atoms with Gasteiger partial charge < -0.3 is 4.74 Å². The minimum absolute atomic E-state index is 0.0663. The number of hydrogen-bond donors (Lipinski definition) is 0. The minimum Gasteiger partial charge on any atom is -0.372 e. The molecule has 6 heteroatoms. The van der Waals surface area contributed by atoms with Crippen LogP contribution >= 0.6 is 46.4 Å². The smallest absolute Gasteiger partial charge is 0.189 e. The summed E-state index contributed by atoms with van der Waals surface area (Å²) in [5.41, 5.74) is 2.68. The highest BCUT2D eigenvalue weighted by atomic mass is 35.5. The van der Waals surface area contributed by atoms with Crippen LogP contribution in [0.2, 0.25) is 20.1 Å². The summed E-state index contributed by atoms with van der Waals surface area (Å²) in [6.45, 7) is 0.496. The van der Waals surface area contributed by atoms with Gasteiger partial charge in [-0.3, -0.25) is 4.79 Å². The Kier molecular flexibility index (Phi) is 5.88. The van der Waals surface area contributed by atoms with Gasteiger partial charge >= 0.3 is 0 Å². The molecule has 25 heavy (non-hydrogen) atoms. The van der Waals surface area contributed by atoms with Crippen molar-refractivity contribution in [3.63, 3.8) is 0 Å². The Labute approximate surface area is 165 Å². The Bertz CT molecular complexity index is 829. The molecule has 0 atom stereocenters. The fourth-order valence-electron chi connectivity index (χ4n) is 2.43. The minimum atomic E-state index is -0.0663. The van der Waals surface area contributed by atoms with Gasteiger partial charge in [0.2, 0.25) is 0 Å². The third kappa shape index (κ3) is 4.46. The summed E-state index contributed by atoms with van der Waals surface area (Å²) in [6, 6.07) is 10.4. The lowest BCUT2D eigenvalue weighted by atomic mass is 9.98. The molecule has 0 aliphatic carbocycles. The second kappa shape index (κ2) is 7.94. The Morgan fingerprint density at radius 3 is 1.56 bits per heavy atom. The molecule has 1 heterocycles. The van der Waals surface area contributed by atoms with Gasteiger partial charge in [0.05, 0.1) is 33.3 Å². The Balaban J connectivity index is 1.89. The zero-order chi connectivity index (χ0) is 18.0. The highest BCUT2D eigenvalue weighted by Gasteiger charge is 2.21. The van der Waals surface area contributed by atoms with E-state index in [1.54, 1.807) is 48.6 Å². The van der Waals surface area contributed by atoms with Gasteiger partial charge in [-0.25, -0.2) is 0 Å². The molecule has 128 valence electrons. The van der Waals surface area contributed by atoms with Crippen LogP contribution in [0.5, 0.6) is 0 Å². The Morgan fingerprint density at radius 1 is 0.720 bits per heavy atom. The number of hydrogen-bond acceptors (Lipinski definition) is 2. The van der Waals surface area contributed by atoms with Crippen LogP contribution in [0.25, 0.3) is 12.2 Å². The van der Waals surface area contributed by atoms with Gasteiger partial charge in [0.15, 0.2) is 5.78 Å². The molecule has 2 aromatic carbocycles. The van der Waals surface area contributed by atoms with Crippen molar-refractivity contribution in [2.24, 2.45) is 0 Å². The second-order valence-electron chi connectivity index (χ2n) is 5.51. The number of ether oxygens (including phenoxy) is 1. The zero-order valence-corrected chi connectivity index (χ0v) is 15.9. The van der Waals surface area contributed by atoms with Crippen LogP contribution in [0.1, 0.15) is 11.1 Å². The van der Waals surface area contributed by atoms with Gasteiger partial charge in [-0.05, 0) is 47.5 Å². The molecule has 0 spiro atoms. The van der Waals surface area contributed by atoms with Crippen LogP contribution in [0, 0.1) is 0 Å². The summed E-state index contributed by atoms with van der Waals surface area (Å²) in [7, 11) is 0. The largest absolute Gasteiger partial charge is 0.372 e. The maximum absolute atomic E-state index is 12.7. The van der Waals surface area contributed by atoms with Crippen LogP contribution < -0.4 is 0 Å². The van der Waals surface area contributed by atoms with Crippen LogP contribution in [0.3, 0.4) is 0 Å². The van der Waals surface area contributed by atoms with Crippen LogP contribution in [0.15, 0.2) is 47.5 Å². The normalized spacial score (nSPS) is 18.2. The van der Waals surface area contributed by atoms with E-state index in [2.05, 4.69) is 0 Å². The molecule has 0 N–H and O–H groups in total. The summed E-state index contributed by atoms with van der Waals surface area (Å²) in [6.07, 6.45) is 3.51. The van der Waals surface area contributed by atoms with Crippen molar-refractivity contribution in [1.29, 1.82) is 0 Å². The molecule has 1 saturated heterocycles. The maximum Gasteiger partial charge on any atom is 0.189 e. The van der Waals surface area contributed by atoms with Gasteiger partial charge in [-0.2, -0.15) is 0 Å². The molecule has 2 aromatic rings. The van der Waals surface area contributed by atoms with E-state index in [-0.39, 0.29) is 19.0 Å². The monoisotopic (exact) mass is 412 g/mol. The molecular weight excluding hydrogens is 402 g/mol. The molecule has 0 radical (unpaired) electrons. The van der Waals surface area contributed by atoms with E-state index in [0.717, 1.165) is 11.1 Å². The average molecular weight is 414 g/mol. The summed E-state index contributed by atoms with van der Waals surface area (Å²) in [4.78, 5) is 12.7. The van der Waals surface area contributed by atoms with Crippen molar-refractivity contribution >= 4 is 64.3 Å². The standard InChI is InChI=1S/C19H12Cl4O2/c20-15-3-1-11(7-17(15)22)5-13-9-25-10-14(19(13)24)6-12-2-4-16(21)18(23)8-12/h1-8H,9-10H2/b13-5+,14-6+. The van der Waals surface area contributed by atoms with Gasteiger partial charge in [0, 0.05) is 11.1 Å². The second-order valence-corrected chi connectivity index (χ2v) is 7.14. The first kappa shape index (κ1) is 18.5. The zero-order valence-electron chi connectivity index (χ0n) is 12.9. The molecular formula is C19H12Cl4O2. The van der Waals surface area contributed by atoms with Crippen molar-refractivity contribution in [1.82, 2.24) is 0 Å². The Morgan fingerprint density at radius 2 is 1.16 bits per heavy atom. The summed E-state index contributed by atoms with van der Waals surface area (Å²) in [5, 5.41) is 1.81. The molecule has 2 nitrogen and oxygen atoms in total. The lowest BCUT2D eigenvalue weighted by Gasteiger charge is -2.17. The first-order valence-corrected chi connectivity index (χ1v) is 8.89. The lowest BCUT2D eigenvalue weighted by Crippen LogP contribution is -2.21. The molecule has 1 aliphatic heterocycles. The molecule has 0 saturated carbocycles. The molecule has 1 aliphatic rings. The molecule has 0 bridgehead atoms. The molecule has 0 amide bonds. The van der Waals surface area contributed by atoms with Crippen molar-refractivity contribution in [2.45, 2.75) is 0 Å². The highest BCUT2D eigenvalue weighted by Crippen LogP contribution is 2.27. The number of halogens is 4. The van der Waals surface area contributed by atoms with E-state index in [4.69, 9.17) is 51.1 Å². The average Bonchev–Trinajstić information content (AvgIpc) is 2.58. The fraction of sp³-hybridized carbons (Fsp3) is 0.105. The van der Waals surface area contributed by atoms with E-state index in [9.17, 15) is 4.79 Å². The van der Waals surface area contributed by atoms with E-state index in [1.165, 1.54) is 0 Å². The van der Waals surface area contributed by atoms with Gasteiger partial charge in [-0.1, -0.05) is 58.5 Å². The van der Waals surface area contributed by atoms with Gasteiger partial charge in [-0.15, -0.1) is 0 Å². The number of ketones is 1. The SMILES string of the molecule is O=C1/C(=C/c2ccc(Cl)c(Cl)c2)COC/C1=C\c1ccc(Cl)c(Cl)c1. The quantitative estimate of drug-likeness (QED) is 0.535. The van der Waals surface area contributed by atoms with E-state index >= 15 is 0 Å². The number of carbonyl (C=O) groups excluding carboxylic acids is 1. The predicted molar refractivity (Wildman–Crippen MR) is 105 cm³/mol. The predicted octanol–water partition coefficient (Wildman–Crippen LogP) is 6.37. The van der Waals surface area contributed by atoms with E-state index in [1.807, 2.05) is 0 Å². The molecule has 1 fully saturated rings. The molecule has 0 unspecified atom stereocenters. The van der Waals surface area contributed by atoms with Crippen molar-refractivity contribution < 1.29 is 9.53 Å². The highest BCUT2D eigenvalue weighted by molar-refractivity contribution is 6.42. The molecule has 0 aromatic heterocycles. The van der Waals surface area contributed by atoms with Crippen molar-refractivity contribution in [2.75, 3.05) is 13.2 Å². The molecule has 3 rings (SSSR count). The van der Waals surface area contributed by atoms with Gasteiger partial charge in [0.1, 0.15) is 0 Å². The van der Waals surface area contributed by atoms with Crippen LogP contribution in [0.4, 0.5) is 0 Å². The van der Waals surface area contributed by atoms with Gasteiger partial charge in [0.25, 0.3) is 0 Å². The number of carbonyl (C=O) groups is 1. The lowest BCUT2D eigenvalue weighted by molar-refractivity contribution is -0.114. The van der Waals surface area contributed by atoms with Crippen LogP contribution in [-0.2, 0) is 9.53 Å². The first-order chi connectivity index (χ1) is 11.9. The van der Waals surface area contributed by atoms with E-state index < -0.39 is 0 Å². The Hall–Kier alpha value is -1.29. The van der Waals surface area contributed by atoms with Crippen LogP contribution in [-0.4, -0.2) is 19.0 Å². The summed E-state index contributed by atoms with van der Waals surface area (Å²) >= 11 is 23.9. The summed E-state index contributed by atoms with van der Waals surface area (Å²) < 4.78 is 5.54. The first-order valence-electron chi connectivity index (χ1n) is 7.38. The maximum atomic E-state index is 12.7. The number of rotatable bonds is 2. The fourth-order valence-corrected chi connectivity index (χ4v) is 3.04. The third-order valence-corrected chi connectivity index (χ3v) is 5.15. The number of Topliss-reactive ketones (excluding diaryl/α,β-unsaturated/α-hetero) is 1. The van der Waals surface area contributed by atoms with Crippen molar-refractivity contribution in [3.8, 4) is 0 Å². The third-order valence-electron chi connectivity index (χ3n) is 3.67. The summed E-state index contributed by atoms with van der Waals surface area (Å²) in [5.74, 6) is -0.0663.